The van der Waals surface area contributed by atoms with Gasteiger partial charge >= 0.3 is 6.61 Å². The van der Waals surface area contributed by atoms with Crippen molar-refractivity contribution >= 4 is 17.5 Å². The second-order valence-electron chi connectivity index (χ2n) is 3.41. The van der Waals surface area contributed by atoms with Crippen LogP contribution in [0, 0.1) is 0 Å². The number of nitrogens with one attached hydrogen (secondary N) is 2. The number of alkyl halides is 2. The summed E-state index contributed by atoms with van der Waals surface area (Å²) in [6.07, 6.45) is 0. The molecule has 0 aliphatic rings. The molecule has 0 aliphatic carbocycles. The Kier molecular flexibility index (Phi) is 5.80. The largest absolute Gasteiger partial charge is 0.434 e. The van der Waals surface area contributed by atoms with Crippen LogP contribution in [0.15, 0.2) is 18.2 Å². The van der Waals surface area contributed by atoms with Crippen molar-refractivity contribution in [3.63, 3.8) is 0 Å². The van der Waals surface area contributed by atoms with Crippen molar-refractivity contribution in [2.24, 2.45) is 0 Å². The number of amides is 1. The van der Waals surface area contributed by atoms with Crippen LogP contribution >= 0.6 is 11.6 Å². The van der Waals surface area contributed by atoms with E-state index in [1.54, 1.807) is 0 Å². The zero-order valence-corrected chi connectivity index (χ0v) is 10.4. The molecule has 0 aliphatic heterocycles. The zero-order chi connectivity index (χ0) is 13.5. The summed E-state index contributed by atoms with van der Waals surface area (Å²) in [5.74, 6) is -0.160. The Morgan fingerprint density at radius 3 is 2.83 bits per heavy atom. The molecule has 0 saturated heterocycles. The molecule has 7 heteroatoms. The highest BCUT2D eigenvalue weighted by molar-refractivity contribution is 6.30. The molecule has 0 heterocycles. The van der Waals surface area contributed by atoms with E-state index in [4.69, 9.17) is 11.6 Å². The monoisotopic (exact) mass is 278 g/mol. The molecule has 0 radical (unpaired) electrons. The van der Waals surface area contributed by atoms with Crippen LogP contribution in [0.3, 0.4) is 0 Å². The van der Waals surface area contributed by atoms with E-state index >= 15 is 0 Å². The van der Waals surface area contributed by atoms with Crippen LogP contribution in [0.1, 0.15) is 5.56 Å². The highest BCUT2D eigenvalue weighted by Crippen LogP contribution is 2.24. The first-order valence-corrected chi connectivity index (χ1v) is 5.55. The topological polar surface area (TPSA) is 50.4 Å². The van der Waals surface area contributed by atoms with Gasteiger partial charge < -0.3 is 15.4 Å². The first-order valence-electron chi connectivity index (χ1n) is 5.17. The molecule has 18 heavy (non-hydrogen) atoms. The molecule has 2 N–H and O–H groups in total. The fourth-order valence-electron chi connectivity index (χ4n) is 1.30. The SMILES string of the molecule is CNC(=O)CNCc1cc(Cl)ccc1OC(F)F. The normalized spacial score (nSPS) is 10.5. The van der Waals surface area contributed by atoms with Crippen molar-refractivity contribution in [1.82, 2.24) is 10.6 Å². The third-order valence-electron chi connectivity index (χ3n) is 2.12. The van der Waals surface area contributed by atoms with Crippen LogP contribution in [0.5, 0.6) is 5.75 Å². The summed E-state index contributed by atoms with van der Waals surface area (Å²) in [5, 5.41) is 5.64. The van der Waals surface area contributed by atoms with Crippen molar-refractivity contribution in [1.29, 1.82) is 0 Å². The minimum atomic E-state index is -2.90. The third-order valence-corrected chi connectivity index (χ3v) is 2.35. The van der Waals surface area contributed by atoms with Gasteiger partial charge in [-0.2, -0.15) is 8.78 Å². The number of benzene rings is 1. The molecule has 0 saturated carbocycles. The summed E-state index contributed by atoms with van der Waals surface area (Å²) in [4.78, 5) is 11.0. The van der Waals surface area contributed by atoms with Gasteiger partial charge in [-0.05, 0) is 18.2 Å². The summed E-state index contributed by atoms with van der Waals surface area (Å²) < 4.78 is 28.7. The van der Waals surface area contributed by atoms with Crippen LogP contribution in [0.2, 0.25) is 5.02 Å². The molecule has 0 bridgehead atoms. The van der Waals surface area contributed by atoms with Gasteiger partial charge in [0.15, 0.2) is 0 Å². The smallest absolute Gasteiger partial charge is 0.387 e. The summed E-state index contributed by atoms with van der Waals surface area (Å²) in [7, 11) is 1.51. The maximum atomic E-state index is 12.2. The van der Waals surface area contributed by atoms with Gasteiger partial charge in [0.1, 0.15) is 5.75 Å². The Balaban J connectivity index is 2.66. The number of likely N-dealkylation sites (N-methyl/N-ethyl adjacent to an activating group) is 1. The lowest BCUT2D eigenvalue weighted by Crippen LogP contribution is -2.31. The average Bonchev–Trinajstić information content (AvgIpc) is 2.31. The van der Waals surface area contributed by atoms with Crippen molar-refractivity contribution in [2.75, 3.05) is 13.6 Å². The van der Waals surface area contributed by atoms with Crippen LogP contribution in [-0.4, -0.2) is 26.1 Å². The fourth-order valence-corrected chi connectivity index (χ4v) is 1.49. The Bertz CT molecular complexity index is 416. The summed E-state index contributed by atoms with van der Waals surface area (Å²) >= 11 is 5.77. The van der Waals surface area contributed by atoms with E-state index in [0.717, 1.165) is 0 Å². The minimum absolute atomic E-state index is 0.0406. The van der Waals surface area contributed by atoms with Gasteiger partial charge in [0.25, 0.3) is 0 Å². The van der Waals surface area contributed by atoms with E-state index in [9.17, 15) is 13.6 Å². The van der Waals surface area contributed by atoms with Gasteiger partial charge in [-0.25, -0.2) is 0 Å². The second kappa shape index (κ2) is 7.13. The number of carbonyl (C=O) groups is 1. The molecule has 1 aromatic rings. The predicted octanol–water partition coefficient (Wildman–Crippen LogP) is 1.78. The van der Waals surface area contributed by atoms with Gasteiger partial charge in [0.2, 0.25) is 5.91 Å². The number of rotatable bonds is 6. The maximum absolute atomic E-state index is 12.2. The van der Waals surface area contributed by atoms with E-state index in [1.807, 2.05) is 0 Å². The molecule has 4 nitrogen and oxygen atoms in total. The van der Waals surface area contributed by atoms with Gasteiger partial charge in [0.05, 0.1) is 6.54 Å². The van der Waals surface area contributed by atoms with Crippen molar-refractivity contribution in [3.8, 4) is 5.75 Å². The zero-order valence-electron chi connectivity index (χ0n) is 9.67. The van der Waals surface area contributed by atoms with Gasteiger partial charge in [-0.15, -0.1) is 0 Å². The van der Waals surface area contributed by atoms with Crippen LogP contribution in [0.4, 0.5) is 8.78 Å². The van der Waals surface area contributed by atoms with Gasteiger partial charge in [0, 0.05) is 24.2 Å². The van der Waals surface area contributed by atoms with Crippen molar-refractivity contribution < 1.29 is 18.3 Å². The minimum Gasteiger partial charge on any atom is -0.434 e. The third kappa shape index (κ3) is 4.85. The quantitative estimate of drug-likeness (QED) is 0.834. The molecule has 0 fully saturated rings. The summed E-state index contributed by atoms with van der Waals surface area (Å²) in [6, 6.07) is 4.34. The van der Waals surface area contributed by atoms with E-state index in [-0.39, 0.29) is 24.7 Å². The molecule has 1 aromatic carbocycles. The number of hydrogen-bond acceptors (Lipinski definition) is 3. The number of hydrogen-bond donors (Lipinski definition) is 2. The number of halogens is 3. The highest BCUT2D eigenvalue weighted by atomic mass is 35.5. The van der Waals surface area contributed by atoms with Crippen LogP contribution in [0.25, 0.3) is 0 Å². The molecule has 0 spiro atoms. The van der Waals surface area contributed by atoms with E-state index in [0.29, 0.717) is 10.6 Å². The molecule has 0 unspecified atom stereocenters. The standard InChI is InChI=1S/C11H13ClF2N2O2/c1-15-10(17)6-16-5-7-4-8(12)2-3-9(7)18-11(13)14/h2-4,11,16H,5-6H2,1H3,(H,15,17). The Hall–Kier alpha value is -1.40. The maximum Gasteiger partial charge on any atom is 0.387 e. The Morgan fingerprint density at radius 1 is 1.50 bits per heavy atom. The molecule has 1 amide bonds. The van der Waals surface area contributed by atoms with Gasteiger partial charge in [-0.1, -0.05) is 11.6 Å². The second-order valence-corrected chi connectivity index (χ2v) is 3.84. The van der Waals surface area contributed by atoms with Crippen molar-refractivity contribution in [3.05, 3.63) is 28.8 Å². The first kappa shape index (κ1) is 14.7. The van der Waals surface area contributed by atoms with E-state index < -0.39 is 6.61 Å². The molecular formula is C11H13ClF2N2O2. The molecule has 0 aromatic heterocycles. The molecule has 1 rings (SSSR count). The van der Waals surface area contributed by atoms with Gasteiger partial charge in [-0.3, -0.25) is 4.79 Å². The lowest BCUT2D eigenvalue weighted by atomic mass is 10.2. The summed E-state index contributed by atoms with van der Waals surface area (Å²) in [6.45, 7) is -2.61. The number of carbonyl (C=O) groups excluding carboxylic acids is 1. The average molecular weight is 279 g/mol. The lowest BCUT2D eigenvalue weighted by Gasteiger charge is -2.11. The van der Waals surface area contributed by atoms with Crippen molar-refractivity contribution in [2.45, 2.75) is 13.2 Å². The van der Waals surface area contributed by atoms with Crippen LogP contribution in [-0.2, 0) is 11.3 Å². The fraction of sp³-hybridized carbons (Fsp3) is 0.364. The van der Waals surface area contributed by atoms with Crippen LogP contribution < -0.4 is 15.4 Å². The molecule has 0 atom stereocenters. The highest BCUT2D eigenvalue weighted by Gasteiger charge is 2.10. The first-order chi connectivity index (χ1) is 8.52. The molecular weight excluding hydrogens is 266 g/mol. The van der Waals surface area contributed by atoms with E-state index in [2.05, 4.69) is 15.4 Å². The lowest BCUT2D eigenvalue weighted by molar-refractivity contribution is -0.119. The summed E-state index contributed by atoms with van der Waals surface area (Å²) in [5.41, 5.74) is 0.465. The Morgan fingerprint density at radius 2 is 2.22 bits per heavy atom. The molecule has 100 valence electrons. The predicted molar refractivity (Wildman–Crippen MR) is 63.9 cm³/mol. The van der Waals surface area contributed by atoms with E-state index in [1.165, 1.54) is 25.2 Å². The number of ether oxygens (including phenoxy) is 1. The Labute approximate surface area is 108 Å².